The first kappa shape index (κ1) is 25.9. The van der Waals surface area contributed by atoms with Crippen molar-refractivity contribution in [3.05, 3.63) is 90.6 Å². The number of rotatable bonds is 8. The molecule has 0 spiro atoms. The Labute approximate surface area is 217 Å². The molecule has 2 aromatic carbocycles. The van der Waals surface area contributed by atoms with Crippen LogP contribution < -0.4 is 30.1 Å². The molecule has 1 amide bonds. The molecule has 192 valence electrons. The highest BCUT2D eigenvalue weighted by molar-refractivity contribution is 7.07. The van der Waals surface area contributed by atoms with Gasteiger partial charge in [-0.3, -0.25) is 14.2 Å². The number of nitrogens with zero attached hydrogens (tertiary/aromatic N) is 2. The molecule has 37 heavy (non-hydrogen) atoms. The van der Waals surface area contributed by atoms with E-state index >= 15 is 0 Å². The van der Waals surface area contributed by atoms with Crippen LogP contribution in [0.1, 0.15) is 37.9 Å². The molecular weight excluding hydrogens is 494 g/mol. The standard InChI is InChI=1S/C27H27N3O6S/c1-15(2)36-26(33)23-16(3)29-27-30(24(23)18-8-6-5-7-9-18)25(32)21(37-27)13-17-10-11-19(20(12-17)34-4)35-14-22(28)31/h5-13,15,24H,14H2,1-4H3,(H2,28,31). The number of aromatic nitrogens is 1. The summed E-state index contributed by atoms with van der Waals surface area (Å²) in [6, 6.07) is 13.7. The van der Waals surface area contributed by atoms with E-state index in [0.29, 0.717) is 37.7 Å². The van der Waals surface area contributed by atoms with Crippen molar-refractivity contribution in [2.75, 3.05) is 13.7 Å². The first-order valence-corrected chi connectivity index (χ1v) is 12.4. The normalized spacial score (nSPS) is 15.3. The molecule has 10 heteroatoms. The number of carbonyl (C=O) groups is 2. The van der Waals surface area contributed by atoms with Crippen molar-refractivity contribution in [3.8, 4) is 11.5 Å². The average Bonchev–Trinajstić information content (AvgIpc) is 3.16. The van der Waals surface area contributed by atoms with Gasteiger partial charge in [-0.2, -0.15) is 0 Å². The number of carbonyl (C=O) groups excluding carboxylic acids is 2. The number of primary amides is 1. The lowest BCUT2D eigenvalue weighted by Crippen LogP contribution is -2.40. The van der Waals surface area contributed by atoms with Gasteiger partial charge in [0, 0.05) is 0 Å². The molecule has 1 aromatic heterocycles. The fourth-order valence-electron chi connectivity index (χ4n) is 4.00. The number of allylic oxidation sites excluding steroid dienone is 1. The molecule has 1 unspecified atom stereocenters. The summed E-state index contributed by atoms with van der Waals surface area (Å²) in [6.07, 6.45) is 1.40. The molecule has 0 saturated heterocycles. The monoisotopic (exact) mass is 521 g/mol. The first-order valence-electron chi connectivity index (χ1n) is 11.6. The zero-order chi connectivity index (χ0) is 26.7. The highest BCUT2D eigenvalue weighted by Gasteiger charge is 2.33. The molecule has 1 aliphatic heterocycles. The van der Waals surface area contributed by atoms with E-state index in [2.05, 4.69) is 4.99 Å². The van der Waals surface area contributed by atoms with Gasteiger partial charge in [-0.05, 0) is 50.1 Å². The summed E-state index contributed by atoms with van der Waals surface area (Å²) in [5.74, 6) is -0.366. The van der Waals surface area contributed by atoms with Gasteiger partial charge in [0.05, 0.1) is 35.1 Å². The van der Waals surface area contributed by atoms with Crippen LogP contribution in [0.15, 0.2) is 69.6 Å². The molecule has 0 bridgehead atoms. The average molecular weight is 522 g/mol. The molecular formula is C27H27N3O6S. The highest BCUT2D eigenvalue weighted by Crippen LogP contribution is 2.31. The Bertz CT molecular complexity index is 1550. The fourth-order valence-corrected chi connectivity index (χ4v) is 5.05. The summed E-state index contributed by atoms with van der Waals surface area (Å²) >= 11 is 1.23. The zero-order valence-corrected chi connectivity index (χ0v) is 21.7. The van der Waals surface area contributed by atoms with Gasteiger partial charge in [-0.15, -0.1) is 0 Å². The molecule has 3 aromatic rings. The Kier molecular flexibility index (Phi) is 7.58. The van der Waals surface area contributed by atoms with Crippen molar-refractivity contribution in [1.82, 2.24) is 4.57 Å². The minimum atomic E-state index is -0.676. The topological polar surface area (TPSA) is 122 Å². The molecule has 9 nitrogen and oxygen atoms in total. The summed E-state index contributed by atoms with van der Waals surface area (Å²) < 4.78 is 18.2. The van der Waals surface area contributed by atoms with E-state index in [1.54, 1.807) is 45.0 Å². The van der Waals surface area contributed by atoms with Crippen molar-refractivity contribution in [2.24, 2.45) is 10.7 Å². The van der Waals surface area contributed by atoms with Gasteiger partial charge in [0.25, 0.3) is 11.5 Å². The lowest BCUT2D eigenvalue weighted by molar-refractivity contribution is -0.143. The predicted octanol–water partition coefficient (Wildman–Crippen LogP) is 2.06. The molecule has 0 saturated carbocycles. The molecule has 2 heterocycles. The lowest BCUT2D eigenvalue weighted by Gasteiger charge is -2.25. The van der Waals surface area contributed by atoms with Crippen molar-refractivity contribution in [2.45, 2.75) is 32.9 Å². The van der Waals surface area contributed by atoms with Crippen molar-refractivity contribution >= 4 is 29.3 Å². The minimum Gasteiger partial charge on any atom is -0.493 e. The van der Waals surface area contributed by atoms with E-state index in [0.717, 1.165) is 5.56 Å². The molecule has 0 fully saturated rings. The molecule has 0 radical (unpaired) electrons. The van der Waals surface area contributed by atoms with Gasteiger partial charge >= 0.3 is 5.97 Å². The molecule has 4 rings (SSSR count). The SMILES string of the molecule is COc1cc(C=c2sc3n(c2=O)C(c2ccccc2)C(C(=O)OC(C)C)=C(C)N=3)ccc1OCC(N)=O. The quantitative estimate of drug-likeness (QED) is 0.453. The van der Waals surface area contributed by atoms with Gasteiger partial charge in [-0.25, -0.2) is 9.79 Å². The van der Waals surface area contributed by atoms with E-state index < -0.39 is 17.9 Å². The van der Waals surface area contributed by atoms with E-state index in [4.69, 9.17) is 19.9 Å². The van der Waals surface area contributed by atoms with Crippen molar-refractivity contribution in [1.29, 1.82) is 0 Å². The van der Waals surface area contributed by atoms with Crippen LogP contribution in [0.5, 0.6) is 11.5 Å². The van der Waals surface area contributed by atoms with Crippen LogP contribution in [-0.2, 0) is 14.3 Å². The van der Waals surface area contributed by atoms with E-state index in [9.17, 15) is 14.4 Å². The number of benzene rings is 2. The Morgan fingerprint density at radius 1 is 1.16 bits per heavy atom. The van der Waals surface area contributed by atoms with Crippen LogP contribution in [0, 0.1) is 0 Å². The number of thiazole rings is 1. The van der Waals surface area contributed by atoms with E-state index in [-0.39, 0.29) is 18.3 Å². The predicted molar refractivity (Wildman–Crippen MR) is 139 cm³/mol. The van der Waals surface area contributed by atoms with Gasteiger partial charge in [-0.1, -0.05) is 47.7 Å². The van der Waals surface area contributed by atoms with Crippen LogP contribution in [0.4, 0.5) is 0 Å². The maximum absolute atomic E-state index is 13.7. The maximum atomic E-state index is 13.7. The number of fused-ring (bicyclic) bond motifs is 1. The highest BCUT2D eigenvalue weighted by atomic mass is 32.1. The minimum absolute atomic E-state index is 0.283. The fraction of sp³-hybridized carbons (Fsp3) is 0.259. The molecule has 0 aliphatic carbocycles. The summed E-state index contributed by atoms with van der Waals surface area (Å²) in [4.78, 5) is 42.9. The number of hydrogen-bond acceptors (Lipinski definition) is 8. The van der Waals surface area contributed by atoms with Crippen LogP contribution in [0.3, 0.4) is 0 Å². The number of hydrogen-bond donors (Lipinski definition) is 1. The van der Waals surface area contributed by atoms with Crippen molar-refractivity contribution < 1.29 is 23.8 Å². The zero-order valence-electron chi connectivity index (χ0n) is 20.9. The van der Waals surface area contributed by atoms with Crippen LogP contribution >= 0.6 is 11.3 Å². The summed E-state index contributed by atoms with van der Waals surface area (Å²) in [6.45, 7) is 5.02. The van der Waals surface area contributed by atoms with Crippen LogP contribution in [0.2, 0.25) is 0 Å². The second-order valence-corrected chi connectivity index (χ2v) is 9.62. The van der Waals surface area contributed by atoms with Crippen molar-refractivity contribution in [3.63, 3.8) is 0 Å². The van der Waals surface area contributed by atoms with Gasteiger partial charge in [0.15, 0.2) is 22.9 Å². The largest absolute Gasteiger partial charge is 0.493 e. The number of methoxy groups -OCH3 is 1. The smallest absolute Gasteiger partial charge is 0.338 e. The summed E-state index contributed by atoms with van der Waals surface area (Å²) in [7, 11) is 1.48. The second kappa shape index (κ2) is 10.8. The summed E-state index contributed by atoms with van der Waals surface area (Å²) in [5, 5.41) is 0. The molecule has 2 N–H and O–H groups in total. The first-order chi connectivity index (χ1) is 17.7. The molecule has 1 aliphatic rings. The Balaban J connectivity index is 1.84. The van der Waals surface area contributed by atoms with Gasteiger partial charge in [0.2, 0.25) is 0 Å². The molecule has 1 atom stereocenters. The van der Waals surface area contributed by atoms with Crippen LogP contribution in [0.25, 0.3) is 6.08 Å². The second-order valence-electron chi connectivity index (χ2n) is 8.61. The third kappa shape index (κ3) is 5.49. The number of nitrogens with two attached hydrogens (primary N) is 1. The lowest BCUT2D eigenvalue weighted by atomic mass is 9.96. The Morgan fingerprint density at radius 2 is 1.89 bits per heavy atom. The van der Waals surface area contributed by atoms with Crippen LogP contribution in [-0.4, -0.2) is 36.3 Å². The van der Waals surface area contributed by atoms with E-state index in [1.807, 2.05) is 30.3 Å². The van der Waals surface area contributed by atoms with E-state index in [1.165, 1.54) is 23.0 Å². The number of amides is 1. The number of ether oxygens (including phenoxy) is 3. The Morgan fingerprint density at radius 3 is 2.54 bits per heavy atom. The third-order valence-corrected chi connectivity index (χ3v) is 6.54. The van der Waals surface area contributed by atoms with Gasteiger partial charge < -0.3 is 19.9 Å². The number of esters is 1. The third-order valence-electron chi connectivity index (χ3n) is 5.56. The van der Waals surface area contributed by atoms with Gasteiger partial charge in [0.1, 0.15) is 0 Å². The maximum Gasteiger partial charge on any atom is 0.338 e. The summed E-state index contributed by atoms with van der Waals surface area (Å²) in [5.41, 5.74) is 7.16. The Hall–Kier alpha value is -4.18.